The molecule has 1 fully saturated rings. The van der Waals surface area contributed by atoms with Gasteiger partial charge in [-0.3, -0.25) is 4.79 Å². The first kappa shape index (κ1) is 21.0. The lowest BCUT2D eigenvalue weighted by Gasteiger charge is -2.32. The first-order chi connectivity index (χ1) is 14.2. The lowest BCUT2D eigenvalue weighted by Crippen LogP contribution is -2.32. The van der Waals surface area contributed by atoms with E-state index in [1.54, 1.807) is 7.11 Å². The van der Waals surface area contributed by atoms with Crippen molar-refractivity contribution in [2.45, 2.75) is 32.6 Å². The number of para-hydroxylation sites is 1. The van der Waals surface area contributed by atoms with Crippen LogP contribution >= 0.6 is 0 Å². The van der Waals surface area contributed by atoms with Gasteiger partial charge in [-0.2, -0.15) is 0 Å². The molecule has 5 nitrogen and oxygen atoms in total. The summed E-state index contributed by atoms with van der Waals surface area (Å²) >= 11 is 0. The van der Waals surface area contributed by atoms with Gasteiger partial charge in [0.1, 0.15) is 5.75 Å². The van der Waals surface area contributed by atoms with Gasteiger partial charge in [0.2, 0.25) is 5.91 Å². The molecule has 1 aliphatic rings. The summed E-state index contributed by atoms with van der Waals surface area (Å²) in [5.41, 5.74) is 3.45. The van der Waals surface area contributed by atoms with Crippen LogP contribution in [-0.2, 0) is 11.2 Å². The fourth-order valence-corrected chi connectivity index (χ4v) is 3.71. The van der Waals surface area contributed by atoms with Crippen LogP contribution < -0.4 is 20.3 Å². The Morgan fingerprint density at radius 3 is 2.52 bits per heavy atom. The maximum Gasteiger partial charge on any atom is 0.221 e. The molecule has 2 N–H and O–H groups in total. The molecule has 0 atom stereocenters. The van der Waals surface area contributed by atoms with Gasteiger partial charge < -0.3 is 20.3 Å². The van der Waals surface area contributed by atoms with Crippen molar-refractivity contribution >= 4 is 17.3 Å². The van der Waals surface area contributed by atoms with E-state index in [1.807, 2.05) is 24.3 Å². The molecule has 1 heterocycles. The SMILES string of the molecule is COc1ccccc1CCNC(=O)CCNc1ccc(N2CCC(C)CC2)cc1. The summed E-state index contributed by atoms with van der Waals surface area (Å²) in [5.74, 6) is 1.77. The van der Waals surface area contributed by atoms with Crippen LogP contribution in [0, 0.1) is 5.92 Å². The van der Waals surface area contributed by atoms with Crippen LogP contribution in [0.2, 0.25) is 0 Å². The molecule has 1 saturated heterocycles. The fraction of sp³-hybridized carbons (Fsp3) is 0.458. The molecule has 2 aromatic carbocycles. The quantitative estimate of drug-likeness (QED) is 0.671. The van der Waals surface area contributed by atoms with E-state index in [9.17, 15) is 4.79 Å². The summed E-state index contributed by atoms with van der Waals surface area (Å²) in [7, 11) is 1.67. The molecule has 0 saturated carbocycles. The molecule has 0 radical (unpaired) electrons. The third-order valence-corrected chi connectivity index (χ3v) is 5.61. The third-order valence-electron chi connectivity index (χ3n) is 5.61. The molecule has 0 spiro atoms. The summed E-state index contributed by atoms with van der Waals surface area (Å²) < 4.78 is 5.34. The van der Waals surface area contributed by atoms with Gasteiger partial charge in [0.15, 0.2) is 0 Å². The lowest BCUT2D eigenvalue weighted by molar-refractivity contribution is -0.120. The van der Waals surface area contributed by atoms with Crippen LogP contribution in [0.1, 0.15) is 31.7 Å². The number of methoxy groups -OCH3 is 1. The summed E-state index contributed by atoms with van der Waals surface area (Å²) in [4.78, 5) is 14.5. The number of carbonyl (C=O) groups is 1. The zero-order valence-electron chi connectivity index (χ0n) is 17.6. The van der Waals surface area contributed by atoms with Crippen LogP contribution in [0.15, 0.2) is 48.5 Å². The Bertz CT molecular complexity index is 768. The van der Waals surface area contributed by atoms with Crippen LogP contribution in [-0.4, -0.2) is 39.2 Å². The molecular formula is C24H33N3O2. The summed E-state index contributed by atoms with van der Waals surface area (Å²) in [5, 5.41) is 6.32. The minimum Gasteiger partial charge on any atom is -0.496 e. The highest BCUT2D eigenvalue weighted by molar-refractivity contribution is 5.76. The Morgan fingerprint density at radius 1 is 1.07 bits per heavy atom. The molecule has 1 aliphatic heterocycles. The Balaban J connectivity index is 1.34. The van der Waals surface area contributed by atoms with Gasteiger partial charge in [0, 0.05) is 44.0 Å². The van der Waals surface area contributed by atoms with Gasteiger partial charge in [-0.15, -0.1) is 0 Å². The molecule has 3 rings (SSSR count). The van der Waals surface area contributed by atoms with Crippen LogP contribution in [0.3, 0.4) is 0 Å². The molecule has 0 unspecified atom stereocenters. The van der Waals surface area contributed by atoms with E-state index >= 15 is 0 Å². The minimum atomic E-state index is 0.0615. The maximum atomic E-state index is 12.1. The first-order valence-corrected chi connectivity index (χ1v) is 10.6. The smallest absolute Gasteiger partial charge is 0.221 e. The van der Waals surface area contributed by atoms with Crippen molar-refractivity contribution in [3.05, 3.63) is 54.1 Å². The zero-order valence-corrected chi connectivity index (χ0v) is 17.6. The molecule has 0 bridgehead atoms. The average Bonchev–Trinajstić information content (AvgIpc) is 2.75. The van der Waals surface area contributed by atoms with Crippen LogP contribution in [0.4, 0.5) is 11.4 Å². The van der Waals surface area contributed by atoms with Crippen molar-refractivity contribution in [2.75, 3.05) is 43.5 Å². The van der Waals surface area contributed by atoms with Gasteiger partial charge in [0.25, 0.3) is 0 Å². The van der Waals surface area contributed by atoms with E-state index in [4.69, 9.17) is 4.74 Å². The number of amides is 1. The van der Waals surface area contributed by atoms with Gasteiger partial charge in [0.05, 0.1) is 7.11 Å². The number of hydrogen-bond donors (Lipinski definition) is 2. The Labute approximate surface area is 174 Å². The Kier molecular flexibility index (Phi) is 7.79. The number of rotatable bonds is 9. The van der Waals surface area contributed by atoms with Crippen molar-refractivity contribution < 1.29 is 9.53 Å². The predicted molar refractivity (Wildman–Crippen MR) is 120 cm³/mol. The van der Waals surface area contributed by atoms with Crippen molar-refractivity contribution in [1.82, 2.24) is 5.32 Å². The second-order valence-electron chi connectivity index (χ2n) is 7.81. The van der Waals surface area contributed by atoms with E-state index in [0.717, 1.165) is 42.4 Å². The number of piperidine rings is 1. The zero-order chi connectivity index (χ0) is 20.5. The Hall–Kier alpha value is -2.69. The molecule has 156 valence electrons. The summed E-state index contributed by atoms with van der Waals surface area (Å²) in [6.07, 6.45) is 3.76. The number of carbonyl (C=O) groups excluding carboxylic acids is 1. The number of benzene rings is 2. The summed E-state index contributed by atoms with van der Waals surface area (Å²) in [6.45, 7) is 5.86. The number of ether oxygens (including phenoxy) is 1. The second kappa shape index (κ2) is 10.7. The molecule has 0 aromatic heterocycles. The van der Waals surface area contributed by atoms with Crippen molar-refractivity contribution in [1.29, 1.82) is 0 Å². The van der Waals surface area contributed by atoms with E-state index in [0.29, 0.717) is 19.5 Å². The predicted octanol–water partition coefficient (Wildman–Crippen LogP) is 4.09. The van der Waals surface area contributed by atoms with E-state index in [-0.39, 0.29) is 5.91 Å². The fourth-order valence-electron chi connectivity index (χ4n) is 3.71. The second-order valence-corrected chi connectivity index (χ2v) is 7.81. The molecule has 29 heavy (non-hydrogen) atoms. The van der Waals surface area contributed by atoms with Crippen molar-refractivity contribution in [3.8, 4) is 5.75 Å². The molecule has 2 aromatic rings. The first-order valence-electron chi connectivity index (χ1n) is 10.6. The molecular weight excluding hydrogens is 362 g/mol. The largest absolute Gasteiger partial charge is 0.496 e. The molecule has 0 aliphatic carbocycles. The van der Waals surface area contributed by atoms with Gasteiger partial charge >= 0.3 is 0 Å². The lowest BCUT2D eigenvalue weighted by atomic mass is 9.99. The number of nitrogens with zero attached hydrogens (tertiary/aromatic N) is 1. The van der Waals surface area contributed by atoms with Crippen molar-refractivity contribution in [2.24, 2.45) is 5.92 Å². The number of nitrogens with one attached hydrogen (secondary N) is 2. The minimum absolute atomic E-state index is 0.0615. The average molecular weight is 396 g/mol. The van der Waals surface area contributed by atoms with Crippen molar-refractivity contribution in [3.63, 3.8) is 0 Å². The Morgan fingerprint density at radius 2 is 1.79 bits per heavy atom. The van der Waals surface area contributed by atoms with Gasteiger partial charge in [-0.25, -0.2) is 0 Å². The topological polar surface area (TPSA) is 53.6 Å². The van der Waals surface area contributed by atoms with E-state index < -0.39 is 0 Å². The molecule has 1 amide bonds. The van der Waals surface area contributed by atoms with Gasteiger partial charge in [-0.05, 0) is 61.1 Å². The third kappa shape index (κ3) is 6.41. The standard InChI is InChI=1S/C24H33N3O2/c1-19-13-17-27(18-14-19)22-9-7-21(8-10-22)25-16-12-24(28)26-15-11-20-5-3-4-6-23(20)29-2/h3-10,19,25H,11-18H2,1-2H3,(H,26,28). The normalized spacial score (nSPS) is 14.5. The summed E-state index contributed by atoms with van der Waals surface area (Å²) in [6, 6.07) is 16.5. The highest BCUT2D eigenvalue weighted by Crippen LogP contribution is 2.24. The van der Waals surface area contributed by atoms with Crippen LogP contribution in [0.25, 0.3) is 0 Å². The van der Waals surface area contributed by atoms with Crippen LogP contribution in [0.5, 0.6) is 5.75 Å². The van der Waals surface area contributed by atoms with E-state index in [2.05, 4.69) is 46.7 Å². The molecule has 5 heteroatoms. The number of hydrogen-bond acceptors (Lipinski definition) is 4. The monoisotopic (exact) mass is 395 g/mol. The highest BCUT2D eigenvalue weighted by atomic mass is 16.5. The van der Waals surface area contributed by atoms with Gasteiger partial charge in [-0.1, -0.05) is 25.1 Å². The maximum absolute atomic E-state index is 12.1. The van der Waals surface area contributed by atoms with E-state index in [1.165, 1.54) is 18.5 Å². The number of anilines is 2. The highest BCUT2D eigenvalue weighted by Gasteiger charge is 2.15.